The standard InChI is InChI=1S/C28H42O5/c1-19(2)7-12-25-22(5)15-17-28(32-25)18-16-23(6)26(33-28)13-9-20(3)8-11-24(29)21(4)10-14-27(30)31/h7-12,14,21-26,29H,1,13,15-18H2,2-6H3,(H,30,31)/b11-8+,12-7+,14-10+,20-9+/t21-,22-,23-,24-,25-,26+,28-/m0/s1. The Morgan fingerprint density at radius 3 is 2.39 bits per heavy atom. The molecule has 0 unspecified atom stereocenters. The summed E-state index contributed by atoms with van der Waals surface area (Å²) in [6.45, 7) is 14.2. The summed E-state index contributed by atoms with van der Waals surface area (Å²) in [6.07, 6.45) is 16.6. The Balaban J connectivity index is 1.98. The van der Waals surface area contributed by atoms with Crippen LogP contribution in [0.3, 0.4) is 0 Å². The van der Waals surface area contributed by atoms with Crippen LogP contribution in [0.25, 0.3) is 0 Å². The molecule has 2 N–H and O–H groups in total. The molecule has 2 aliphatic heterocycles. The van der Waals surface area contributed by atoms with Crippen molar-refractivity contribution in [2.45, 2.75) is 90.8 Å². The third-order valence-corrected chi connectivity index (χ3v) is 6.75. The molecule has 5 heteroatoms. The third kappa shape index (κ3) is 8.73. The van der Waals surface area contributed by atoms with Gasteiger partial charge >= 0.3 is 5.97 Å². The molecule has 1 spiro atoms. The average Bonchev–Trinajstić information content (AvgIpc) is 2.77. The second-order valence-electron chi connectivity index (χ2n) is 9.98. The normalized spacial score (nSPS) is 33.2. The molecule has 0 radical (unpaired) electrons. The number of aliphatic carboxylic acids is 1. The Morgan fingerprint density at radius 2 is 1.76 bits per heavy atom. The molecule has 0 saturated carbocycles. The molecule has 33 heavy (non-hydrogen) atoms. The summed E-state index contributed by atoms with van der Waals surface area (Å²) in [5.41, 5.74) is 2.06. The highest BCUT2D eigenvalue weighted by Crippen LogP contribution is 2.43. The monoisotopic (exact) mass is 458 g/mol. The van der Waals surface area contributed by atoms with Gasteiger partial charge in [-0.05, 0) is 44.9 Å². The van der Waals surface area contributed by atoms with Crippen LogP contribution < -0.4 is 0 Å². The second-order valence-corrected chi connectivity index (χ2v) is 9.98. The van der Waals surface area contributed by atoms with Gasteiger partial charge in [-0.1, -0.05) is 75.0 Å². The highest BCUT2D eigenvalue weighted by molar-refractivity contribution is 5.79. The predicted octanol–water partition coefficient (Wildman–Crippen LogP) is 5.98. The fourth-order valence-electron chi connectivity index (χ4n) is 4.30. The van der Waals surface area contributed by atoms with Crippen molar-refractivity contribution >= 4 is 5.97 Å². The number of rotatable bonds is 9. The predicted molar refractivity (Wildman–Crippen MR) is 133 cm³/mol. The van der Waals surface area contributed by atoms with Gasteiger partial charge in [0.25, 0.3) is 0 Å². The van der Waals surface area contributed by atoms with Gasteiger partial charge in [0.15, 0.2) is 5.79 Å². The summed E-state index contributed by atoms with van der Waals surface area (Å²) in [7, 11) is 0. The quantitative estimate of drug-likeness (QED) is 0.329. The first-order valence-electron chi connectivity index (χ1n) is 12.1. The van der Waals surface area contributed by atoms with Crippen molar-refractivity contribution in [3.05, 3.63) is 60.3 Å². The van der Waals surface area contributed by atoms with Gasteiger partial charge in [-0.2, -0.15) is 0 Å². The number of ether oxygens (including phenoxy) is 2. The molecule has 0 aromatic rings. The highest BCUT2D eigenvalue weighted by Gasteiger charge is 2.45. The molecule has 2 fully saturated rings. The van der Waals surface area contributed by atoms with Gasteiger partial charge in [0.2, 0.25) is 0 Å². The van der Waals surface area contributed by atoms with E-state index in [0.717, 1.165) is 49.3 Å². The minimum atomic E-state index is -1.01. The van der Waals surface area contributed by atoms with Gasteiger partial charge in [0.1, 0.15) is 0 Å². The Bertz CT molecular complexity index is 788. The molecule has 184 valence electrons. The van der Waals surface area contributed by atoms with Crippen LogP contribution in [0.1, 0.15) is 66.7 Å². The van der Waals surface area contributed by atoms with E-state index in [1.54, 1.807) is 13.0 Å². The van der Waals surface area contributed by atoms with E-state index in [2.05, 4.69) is 32.6 Å². The van der Waals surface area contributed by atoms with E-state index >= 15 is 0 Å². The smallest absolute Gasteiger partial charge is 0.327 e. The fourth-order valence-corrected chi connectivity index (χ4v) is 4.30. The van der Waals surface area contributed by atoms with E-state index in [9.17, 15) is 9.90 Å². The minimum absolute atomic E-state index is 0.0448. The van der Waals surface area contributed by atoms with E-state index < -0.39 is 17.9 Å². The zero-order valence-corrected chi connectivity index (χ0v) is 20.9. The number of carboxylic acids is 1. The lowest BCUT2D eigenvalue weighted by molar-refractivity contribution is -0.323. The zero-order valence-electron chi connectivity index (χ0n) is 20.9. The van der Waals surface area contributed by atoms with Crippen LogP contribution in [0, 0.1) is 17.8 Å². The fraction of sp³-hybridized carbons (Fsp3) is 0.607. The molecular weight excluding hydrogens is 416 g/mol. The molecule has 2 aliphatic rings. The topological polar surface area (TPSA) is 76.0 Å². The first-order valence-corrected chi connectivity index (χ1v) is 12.1. The second kappa shape index (κ2) is 12.5. The third-order valence-electron chi connectivity index (χ3n) is 6.75. The Labute approximate surface area is 199 Å². The summed E-state index contributed by atoms with van der Waals surface area (Å²) in [5, 5.41) is 18.9. The molecule has 7 atom stereocenters. The van der Waals surface area contributed by atoms with Crippen LogP contribution in [0.15, 0.2) is 60.3 Å². The molecule has 0 bridgehead atoms. The van der Waals surface area contributed by atoms with Crippen LogP contribution in [0.5, 0.6) is 0 Å². The van der Waals surface area contributed by atoms with Crippen molar-refractivity contribution < 1.29 is 24.5 Å². The lowest BCUT2D eigenvalue weighted by Crippen LogP contribution is -2.51. The van der Waals surface area contributed by atoms with Gasteiger partial charge in [-0.15, -0.1) is 0 Å². The molecule has 2 rings (SSSR count). The van der Waals surface area contributed by atoms with Crippen molar-refractivity contribution in [1.82, 2.24) is 0 Å². The first kappa shape index (κ1) is 27.3. The largest absolute Gasteiger partial charge is 0.478 e. The van der Waals surface area contributed by atoms with Gasteiger partial charge in [-0.3, -0.25) is 0 Å². The van der Waals surface area contributed by atoms with Gasteiger partial charge in [-0.25, -0.2) is 4.79 Å². The van der Waals surface area contributed by atoms with Crippen molar-refractivity contribution in [2.75, 3.05) is 0 Å². The first-order chi connectivity index (χ1) is 15.5. The SMILES string of the molecule is C=C(C)/C=C/[C@@H]1O[C@]2(CC[C@@H]1C)CC[C@H](C)[C@@H](C/C=C(C)/C=C/[C@H](O)[C@@H](C)/C=C/C(=O)O)O2. The maximum absolute atomic E-state index is 10.6. The van der Waals surface area contributed by atoms with E-state index in [1.807, 2.05) is 26.0 Å². The Morgan fingerprint density at radius 1 is 1.09 bits per heavy atom. The number of carboxylic acid groups (broad SMARTS) is 1. The number of allylic oxidation sites excluding steroid dienone is 4. The van der Waals surface area contributed by atoms with Crippen molar-refractivity contribution in [2.24, 2.45) is 17.8 Å². The Hall–Kier alpha value is -1.95. The molecule has 0 aromatic heterocycles. The molecular formula is C28H42O5. The number of hydrogen-bond acceptors (Lipinski definition) is 4. The Kier molecular flexibility index (Phi) is 10.3. The average molecular weight is 459 g/mol. The van der Waals surface area contributed by atoms with E-state index in [4.69, 9.17) is 14.6 Å². The number of aliphatic hydroxyl groups excluding tert-OH is 1. The molecule has 0 aliphatic carbocycles. The number of hydrogen-bond donors (Lipinski definition) is 2. The van der Waals surface area contributed by atoms with Crippen LogP contribution in [0.4, 0.5) is 0 Å². The van der Waals surface area contributed by atoms with Gasteiger partial charge in [0, 0.05) is 24.8 Å². The van der Waals surface area contributed by atoms with E-state index in [-0.39, 0.29) is 18.1 Å². The van der Waals surface area contributed by atoms with Gasteiger partial charge < -0.3 is 19.7 Å². The van der Waals surface area contributed by atoms with Crippen LogP contribution >= 0.6 is 0 Å². The molecule has 5 nitrogen and oxygen atoms in total. The summed E-state index contributed by atoms with van der Waals surface area (Å²) in [5.74, 6) is -0.887. The van der Waals surface area contributed by atoms with Crippen LogP contribution in [0.2, 0.25) is 0 Å². The molecule has 2 saturated heterocycles. The molecule has 0 amide bonds. The van der Waals surface area contributed by atoms with Crippen molar-refractivity contribution in [3.63, 3.8) is 0 Å². The lowest BCUT2D eigenvalue weighted by Gasteiger charge is -2.49. The summed E-state index contributed by atoms with van der Waals surface area (Å²) in [4.78, 5) is 10.6. The van der Waals surface area contributed by atoms with Crippen LogP contribution in [-0.2, 0) is 14.3 Å². The molecule has 2 heterocycles. The highest BCUT2D eigenvalue weighted by atomic mass is 16.7. The lowest BCUT2D eigenvalue weighted by atomic mass is 9.83. The summed E-state index contributed by atoms with van der Waals surface area (Å²) in [6, 6.07) is 0. The number of carbonyl (C=O) groups is 1. The summed E-state index contributed by atoms with van der Waals surface area (Å²) >= 11 is 0. The van der Waals surface area contributed by atoms with Crippen LogP contribution in [-0.4, -0.2) is 40.3 Å². The van der Waals surface area contributed by atoms with Crippen molar-refractivity contribution in [3.8, 4) is 0 Å². The summed E-state index contributed by atoms with van der Waals surface area (Å²) < 4.78 is 13.2. The molecule has 0 aromatic carbocycles. The number of aliphatic hydroxyl groups is 1. The minimum Gasteiger partial charge on any atom is -0.478 e. The van der Waals surface area contributed by atoms with E-state index in [1.165, 1.54) is 6.08 Å². The zero-order chi connectivity index (χ0) is 24.6. The van der Waals surface area contributed by atoms with Crippen molar-refractivity contribution in [1.29, 1.82) is 0 Å². The maximum Gasteiger partial charge on any atom is 0.327 e. The van der Waals surface area contributed by atoms with Gasteiger partial charge in [0.05, 0.1) is 18.3 Å². The maximum atomic E-state index is 10.6. The van der Waals surface area contributed by atoms with E-state index in [0.29, 0.717) is 11.8 Å².